The summed E-state index contributed by atoms with van der Waals surface area (Å²) >= 11 is 0. The van der Waals surface area contributed by atoms with E-state index >= 15 is 0 Å². The van der Waals surface area contributed by atoms with Crippen LogP contribution in [0.1, 0.15) is 35.8 Å². The normalized spacial score (nSPS) is 13.2. The van der Waals surface area contributed by atoms with Gasteiger partial charge in [0.1, 0.15) is 11.6 Å². The predicted octanol–water partition coefficient (Wildman–Crippen LogP) is 3.09. The van der Waals surface area contributed by atoms with E-state index in [1.54, 1.807) is 30.3 Å². The maximum atomic E-state index is 13.4. The molecule has 5 heteroatoms. The van der Waals surface area contributed by atoms with Gasteiger partial charge in [-0.1, -0.05) is 12.1 Å². The summed E-state index contributed by atoms with van der Waals surface area (Å²) in [5.74, 6) is 0.265. The highest BCUT2D eigenvalue weighted by molar-refractivity contribution is 5.36. The molecule has 2 aromatic carbocycles. The molecule has 0 radical (unpaired) electrons. The first kappa shape index (κ1) is 16.9. The third-order valence-electron chi connectivity index (χ3n) is 3.70. The van der Waals surface area contributed by atoms with E-state index in [9.17, 15) is 9.50 Å². The third kappa shape index (κ3) is 4.28. The second-order valence-electron chi connectivity index (χ2n) is 5.27. The van der Waals surface area contributed by atoms with Crippen LogP contribution in [0.5, 0.6) is 5.75 Å². The molecule has 0 heterocycles. The van der Waals surface area contributed by atoms with Crippen LogP contribution in [-0.2, 0) is 0 Å². The van der Waals surface area contributed by atoms with Crippen molar-refractivity contribution < 1.29 is 14.2 Å². The van der Waals surface area contributed by atoms with Crippen molar-refractivity contribution in [3.8, 4) is 11.8 Å². The molecule has 0 aliphatic carbocycles. The van der Waals surface area contributed by atoms with E-state index in [1.807, 2.05) is 13.0 Å². The molecule has 0 bridgehead atoms. The highest BCUT2D eigenvalue weighted by atomic mass is 19.1. The quantitative estimate of drug-likeness (QED) is 0.860. The van der Waals surface area contributed by atoms with E-state index in [0.717, 1.165) is 5.56 Å². The van der Waals surface area contributed by atoms with E-state index in [2.05, 4.69) is 5.32 Å². The van der Waals surface area contributed by atoms with Crippen molar-refractivity contribution in [2.45, 2.75) is 19.1 Å². The second-order valence-corrected chi connectivity index (χ2v) is 5.27. The molecule has 2 atom stereocenters. The summed E-state index contributed by atoms with van der Waals surface area (Å²) in [4.78, 5) is 0. The SMILES string of the molecule is COc1ccc(F)cc1C(C)NCC(O)c1ccc(C#N)cc1. The minimum atomic E-state index is -0.718. The molecule has 120 valence electrons. The fourth-order valence-electron chi connectivity index (χ4n) is 2.34. The molecule has 0 aromatic heterocycles. The number of hydrogen-bond acceptors (Lipinski definition) is 4. The largest absolute Gasteiger partial charge is 0.496 e. The number of benzene rings is 2. The summed E-state index contributed by atoms with van der Waals surface area (Å²) in [7, 11) is 1.54. The number of hydrogen-bond donors (Lipinski definition) is 2. The summed E-state index contributed by atoms with van der Waals surface area (Å²) in [5, 5.41) is 22.2. The van der Waals surface area contributed by atoms with Gasteiger partial charge in [0.25, 0.3) is 0 Å². The lowest BCUT2D eigenvalue weighted by Gasteiger charge is -2.20. The molecular formula is C18H19FN2O2. The van der Waals surface area contributed by atoms with Gasteiger partial charge >= 0.3 is 0 Å². The molecule has 2 aromatic rings. The molecule has 2 rings (SSSR count). The van der Waals surface area contributed by atoms with Crippen molar-refractivity contribution in [2.24, 2.45) is 0 Å². The Bertz CT molecular complexity index is 695. The number of nitriles is 1. The molecule has 23 heavy (non-hydrogen) atoms. The standard InChI is InChI=1S/C18H19FN2O2/c1-12(16-9-15(19)7-8-18(16)23-2)21-11-17(22)14-5-3-13(10-20)4-6-14/h3-9,12,17,21-22H,11H2,1-2H3. The summed E-state index contributed by atoms with van der Waals surface area (Å²) in [6.07, 6.45) is -0.718. The van der Waals surface area contributed by atoms with Crippen LogP contribution in [0, 0.1) is 17.1 Å². The highest BCUT2D eigenvalue weighted by Crippen LogP contribution is 2.26. The van der Waals surface area contributed by atoms with Crippen molar-refractivity contribution in [3.63, 3.8) is 0 Å². The van der Waals surface area contributed by atoms with E-state index in [4.69, 9.17) is 10.00 Å². The first-order valence-corrected chi connectivity index (χ1v) is 7.30. The van der Waals surface area contributed by atoms with Crippen LogP contribution in [0.25, 0.3) is 0 Å². The Morgan fingerprint density at radius 1 is 1.26 bits per heavy atom. The summed E-state index contributed by atoms with van der Waals surface area (Å²) in [6, 6.07) is 13.0. The van der Waals surface area contributed by atoms with Crippen molar-refractivity contribution >= 4 is 0 Å². The monoisotopic (exact) mass is 314 g/mol. The Morgan fingerprint density at radius 3 is 2.57 bits per heavy atom. The lowest BCUT2D eigenvalue weighted by atomic mass is 10.0. The molecular weight excluding hydrogens is 295 g/mol. The van der Waals surface area contributed by atoms with Gasteiger partial charge in [-0.05, 0) is 42.8 Å². The fraction of sp³-hybridized carbons (Fsp3) is 0.278. The van der Waals surface area contributed by atoms with Crippen LogP contribution in [-0.4, -0.2) is 18.8 Å². The molecule has 0 amide bonds. The van der Waals surface area contributed by atoms with E-state index in [-0.39, 0.29) is 11.9 Å². The van der Waals surface area contributed by atoms with Crippen molar-refractivity contribution in [1.82, 2.24) is 5.32 Å². The van der Waals surface area contributed by atoms with Gasteiger partial charge < -0.3 is 15.2 Å². The zero-order chi connectivity index (χ0) is 16.8. The van der Waals surface area contributed by atoms with E-state index in [1.165, 1.54) is 19.2 Å². The average molecular weight is 314 g/mol. The minimum Gasteiger partial charge on any atom is -0.496 e. The van der Waals surface area contributed by atoms with E-state index in [0.29, 0.717) is 23.4 Å². The second kappa shape index (κ2) is 7.73. The first-order valence-electron chi connectivity index (χ1n) is 7.30. The number of aliphatic hydroxyl groups is 1. The van der Waals surface area contributed by atoms with Gasteiger partial charge in [0.2, 0.25) is 0 Å². The predicted molar refractivity (Wildman–Crippen MR) is 85.5 cm³/mol. The molecule has 0 aliphatic heterocycles. The Morgan fingerprint density at radius 2 is 1.96 bits per heavy atom. The Hall–Kier alpha value is -2.42. The van der Waals surface area contributed by atoms with Gasteiger partial charge in [0.05, 0.1) is 24.8 Å². The maximum Gasteiger partial charge on any atom is 0.123 e. The topological polar surface area (TPSA) is 65.3 Å². The average Bonchev–Trinajstić information content (AvgIpc) is 2.59. The van der Waals surface area contributed by atoms with Crippen molar-refractivity contribution in [3.05, 3.63) is 65.0 Å². The van der Waals surface area contributed by atoms with Gasteiger partial charge in [0.15, 0.2) is 0 Å². The smallest absolute Gasteiger partial charge is 0.123 e. The van der Waals surface area contributed by atoms with Crippen LogP contribution >= 0.6 is 0 Å². The summed E-state index contributed by atoms with van der Waals surface area (Å²) in [5.41, 5.74) is 1.96. The van der Waals surface area contributed by atoms with E-state index < -0.39 is 6.10 Å². The van der Waals surface area contributed by atoms with Gasteiger partial charge in [-0.25, -0.2) is 4.39 Å². The Balaban J connectivity index is 2.02. The van der Waals surface area contributed by atoms with Crippen LogP contribution < -0.4 is 10.1 Å². The molecule has 0 spiro atoms. The van der Waals surface area contributed by atoms with Crippen molar-refractivity contribution in [1.29, 1.82) is 5.26 Å². The lowest BCUT2D eigenvalue weighted by molar-refractivity contribution is 0.170. The maximum absolute atomic E-state index is 13.4. The van der Waals surface area contributed by atoms with Crippen LogP contribution in [0.4, 0.5) is 4.39 Å². The zero-order valence-corrected chi connectivity index (χ0v) is 13.1. The highest BCUT2D eigenvalue weighted by Gasteiger charge is 2.14. The molecule has 2 unspecified atom stereocenters. The number of aliphatic hydroxyl groups excluding tert-OH is 1. The third-order valence-corrected chi connectivity index (χ3v) is 3.70. The van der Waals surface area contributed by atoms with Gasteiger partial charge in [0, 0.05) is 18.2 Å². The number of nitrogens with zero attached hydrogens (tertiary/aromatic N) is 1. The number of ether oxygens (including phenoxy) is 1. The first-order chi connectivity index (χ1) is 11.0. The van der Waals surface area contributed by atoms with Gasteiger partial charge in [-0.15, -0.1) is 0 Å². The number of rotatable bonds is 6. The van der Waals surface area contributed by atoms with Crippen LogP contribution in [0.3, 0.4) is 0 Å². The van der Waals surface area contributed by atoms with Crippen molar-refractivity contribution in [2.75, 3.05) is 13.7 Å². The lowest BCUT2D eigenvalue weighted by Crippen LogP contribution is -2.25. The molecule has 2 N–H and O–H groups in total. The number of nitrogens with one attached hydrogen (secondary N) is 1. The molecule has 0 aliphatic rings. The Kier molecular flexibility index (Phi) is 5.69. The molecule has 0 saturated heterocycles. The summed E-state index contributed by atoms with van der Waals surface area (Å²) < 4.78 is 18.7. The number of methoxy groups -OCH3 is 1. The molecule has 4 nitrogen and oxygen atoms in total. The minimum absolute atomic E-state index is 0.186. The summed E-state index contributed by atoms with van der Waals surface area (Å²) in [6.45, 7) is 2.18. The Labute approximate surface area is 135 Å². The molecule has 0 fully saturated rings. The zero-order valence-electron chi connectivity index (χ0n) is 13.1. The number of halogens is 1. The van der Waals surface area contributed by atoms with Gasteiger partial charge in [-0.2, -0.15) is 5.26 Å². The fourth-order valence-corrected chi connectivity index (χ4v) is 2.34. The van der Waals surface area contributed by atoms with Crippen LogP contribution in [0.15, 0.2) is 42.5 Å². The molecule has 0 saturated carbocycles. The van der Waals surface area contributed by atoms with Crippen LogP contribution in [0.2, 0.25) is 0 Å². The van der Waals surface area contributed by atoms with Gasteiger partial charge in [-0.3, -0.25) is 0 Å².